The molecule has 7 heteroatoms. The lowest BCUT2D eigenvalue weighted by Gasteiger charge is -2.32. The number of nitrogens with zero attached hydrogens (tertiary/aromatic N) is 3. The molecule has 40 heavy (non-hydrogen) atoms. The second-order valence-corrected chi connectivity index (χ2v) is 11.1. The average Bonchev–Trinajstić information content (AvgIpc) is 3.46. The molecule has 0 bridgehead atoms. The summed E-state index contributed by atoms with van der Waals surface area (Å²) in [7, 11) is -0.555. The number of hydrogen-bond acceptors (Lipinski definition) is 6. The topological polar surface area (TPSA) is 70.3 Å². The largest absolute Gasteiger partial charge is 0.495 e. The molecule has 4 aromatic carbocycles. The summed E-state index contributed by atoms with van der Waals surface area (Å²) >= 11 is 0. The fourth-order valence-electron chi connectivity index (χ4n) is 5.13. The molecule has 196 valence electrons. The monoisotopic (exact) mass is 525 g/mol. The molecule has 0 atom stereocenters. The summed E-state index contributed by atoms with van der Waals surface area (Å²) in [5.74, 6) is 1.66. The van der Waals surface area contributed by atoms with Crippen molar-refractivity contribution in [3.05, 3.63) is 97.1 Å². The van der Waals surface area contributed by atoms with Crippen LogP contribution in [0.5, 0.6) is 0 Å². The summed E-state index contributed by atoms with van der Waals surface area (Å²) in [6.07, 6.45) is 0. The first kappa shape index (κ1) is 24.7. The van der Waals surface area contributed by atoms with E-state index in [1.807, 2.05) is 84.9 Å². The van der Waals surface area contributed by atoms with Gasteiger partial charge < -0.3 is 13.7 Å². The Kier molecular flexibility index (Phi) is 5.63. The zero-order valence-corrected chi connectivity index (χ0v) is 22.9. The van der Waals surface area contributed by atoms with Gasteiger partial charge in [0.25, 0.3) is 0 Å². The van der Waals surface area contributed by atoms with E-state index >= 15 is 0 Å². The Balaban J connectivity index is 1.44. The smallest absolute Gasteiger partial charge is 0.455 e. The maximum atomic E-state index is 6.42. The predicted molar refractivity (Wildman–Crippen MR) is 159 cm³/mol. The zero-order valence-electron chi connectivity index (χ0n) is 22.9. The van der Waals surface area contributed by atoms with E-state index in [2.05, 4.69) is 39.8 Å². The van der Waals surface area contributed by atoms with Gasteiger partial charge in [0.2, 0.25) is 0 Å². The van der Waals surface area contributed by atoms with Gasteiger partial charge >= 0.3 is 7.12 Å². The van der Waals surface area contributed by atoms with E-state index in [-0.39, 0.29) is 0 Å². The number of fused-ring (bicyclic) bond motifs is 3. The molecule has 1 aliphatic rings. The van der Waals surface area contributed by atoms with E-state index in [9.17, 15) is 0 Å². The number of rotatable bonds is 4. The van der Waals surface area contributed by atoms with Crippen LogP contribution in [0, 0.1) is 0 Å². The van der Waals surface area contributed by atoms with E-state index in [0.29, 0.717) is 17.5 Å². The second-order valence-electron chi connectivity index (χ2n) is 11.1. The zero-order chi connectivity index (χ0) is 27.5. The van der Waals surface area contributed by atoms with Crippen LogP contribution in [0.25, 0.3) is 56.1 Å². The minimum absolute atomic E-state index is 0.471. The summed E-state index contributed by atoms with van der Waals surface area (Å²) in [6, 6.07) is 32.1. The van der Waals surface area contributed by atoms with Crippen LogP contribution in [0.3, 0.4) is 0 Å². The minimum Gasteiger partial charge on any atom is -0.455 e. The van der Waals surface area contributed by atoms with Crippen molar-refractivity contribution in [1.82, 2.24) is 15.0 Å². The molecule has 0 unspecified atom stereocenters. The van der Waals surface area contributed by atoms with Crippen molar-refractivity contribution < 1.29 is 13.7 Å². The summed E-state index contributed by atoms with van der Waals surface area (Å²) in [6.45, 7) is 8.21. The quantitative estimate of drug-likeness (QED) is 0.229. The molecule has 0 saturated carbocycles. The standard InChI is InChI=1S/C33H28BN3O3/c1-32(2)33(3,4)40-34(39-32)26-19-10-8-16-24(26)30-35-29(21-13-6-5-7-14-21)36-31(37-30)25-18-12-17-23-22-15-9-11-20-27(22)38-28(23)25/h5-20H,1-4H3. The maximum Gasteiger partial charge on any atom is 0.495 e. The van der Waals surface area contributed by atoms with Crippen molar-refractivity contribution in [3.8, 4) is 34.2 Å². The summed E-state index contributed by atoms with van der Waals surface area (Å²) in [5.41, 5.74) is 4.05. The van der Waals surface area contributed by atoms with Crippen LogP contribution in [0.2, 0.25) is 0 Å². The Bertz CT molecular complexity index is 1870. The lowest BCUT2D eigenvalue weighted by molar-refractivity contribution is 0.00578. The first-order valence-corrected chi connectivity index (χ1v) is 13.5. The molecule has 2 aromatic heterocycles. The van der Waals surface area contributed by atoms with Crippen LogP contribution in [0.4, 0.5) is 0 Å². The fourth-order valence-corrected chi connectivity index (χ4v) is 5.13. The third-order valence-electron chi connectivity index (χ3n) is 8.02. The normalized spacial score (nSPS) is 16.1. The number of hydrogen-bond donors (Lipinski definition) is 0. The molecule has 0 aliphatic carbocycles. The van der Waals surface area contributed by atoms with Crippen molar-refractivity contribution in [3.63, 3.8) is 0 Å². The molecule has 1 aliphatic heterocycles. The van der Waals surface area contributed by atoms with E-state index in [1.54, 1.807) is 0 Å². The Morgan fingerprint density at radius 2 is 1.12 bits per heavy atom. The number of para-hydroxylation sites is 2. The predicted octanol–water partition coefficient (Wildman–Crippen LogP) is 7.07. The van der Waals surface area contributed by atoms with Crippen molar-refractivity contribution in [2.45, 2.75) is 38.9 Å². The molecule has 0 radical (unpaired) electrons. The highest BCUT2D eigenvalue weighted by atomic mass is 16.7. The fraction of sp³-hybridized carbons (Fsp3) is 0.182. The Labute approximate surface area is 233 Å². The van der Waals surface area contributed by atoms with E-state index < -0.39 is 18.3 Å². The van der Waals surface area contributed by atoms with Crippen molar-refractivity contribution in [2.75, 3.05) is 0 Å². The Hall–Kier alpha value is -4.33. The van der Waals surface area contributed by atoms with Gasteiger partial charge in [-0.2, -0.15) is 0 Å². The van der Waals surface area contributed by atoms with Crippen LogP contribution in [0.15, 0.2) is 101 Å². The lowest BCUT2D eigenvalue weighted by Crippen LogP contribution is -2.41. The molecular formula is C33H28BN3O3. The number of benzene rings is 4. The third kappa shape index (κ3) is 4.01. The highest BCUT2D eigenvalue weighted by molar-refractivity contribution is 6.63. The Morgan fingerprint density at radius 1 is 0.550 bits per heavy atom. The molecule has 1 saturated heterocycles. The molecule has 0 spiro atoms. The Morgan fingerprint density at radius 3 is 1.90 bits per heavy atom. The van der Waals surface area contributed by atoms with Gasteiger partial charge in [0, 0.05) is 21.9 Å². The van der Waals surface area contributed by atoms with Crippen LogP contribution >= 0.6 is 0 Å². The van der Waals surface area contributed by atoms with Gasteiger partial charge in [-0.05, 0) is 45.3 Å². The van der Waals surface area contributed by atoms with Gasteiger partial charge in [-0.1, -0.05) is 84.9 Å². The van der Waals surface area contributed by atoms with E-state index in [1.165, 1.54) is 0 Å². The van der Waals surface area contributed by atoms with E-state index in [4.69, 9.17) is 28.7 Å². The maximum absolute atomic E-state index is 6.42. The highest BCUT2D eigenvalue weighted by Gasteiger charge is 2.52. The lowest BCUT2D eigenvalue weighted by atomic mass is 9.75. The van der Waals surface area contributed by atoms with Crippen LogP contribution in [-0.4, -0.2) is 33.3 Å². The van der Waals surface area contributed by atoms with Crippen molar-refractivity contribution >= 4 is 34.5 Å². The van der Waals surface area contributed by atoms with Gasteiger partial charge in [0.05, 0.1) is 16.8 Å². The summed E-state index contributed by atoms with van der Waals surface area (Å²) in [5, 5.41) is 2.08. The van der Waals surface area contributed by atoms with Crippen molar-refractivity contribution in [1.29, 1.82) is 0 Å². The van der Waals surface area contributed by atoms with Gasteiger partial charge in [0.1, 0.15) is 11.2 Å². The minimum atomic E-state index is -0.555. The first-order chi connectivity index (χ1) is 19.3. The van der Waals surface area contributed by atoms with Crippen LogP contribution < -0.4 is 5.46 Å². The summed E-state index contributed by atoms with van der Waals surface area (Å²) in [4.78, 5) is 14.9. The molecule has 6 aromatic rings. The van der Waals surface area contributed by atoms with Gasteiger partial charge in [-0.3, -0.25) is 0 Å². The average molecular weight is 525 g/mol. The molecule has 7 rings (SSSR count). The van der Waals surface area contributed by atoms with E-state index in [0.717, 1.165) is 44.1 Å². The van der Waals surface area contributed by atoms with Crippen LogP contribution in [-0.2, 0) is 9.31 Å². The molecule has 1 fully saturated rings. The molecule has 6 nitrogen and oxygen atoms in total. The number of aromatic nitrogens is 3. The highest BCUT2D eigenvalue weighted by Crippen LogP contribution is 2.38. The first-order valence-electron chi connectivity index (χ1n) is 13.5. The summed E-state index contributed by atoms with van der Waals surface area (Å²) < 4.78 is 19.2. The number of furan rings is 1. The molecule has 3 heterocycles. The molecule has 0 N–H and O–H groups in total. The molecular weight excluding hydrogens is 497 g/mol. The van der Waals surface area contributed by atoms with Gasteiger partial charge in [-0.15, -0.1) is 0 Å². The van der Waals surface area contributed by atoms with Crippen molar-refractivity contribution in [2.24, 2.45) is 0 Å². The third-order valence-corrected chi connectivity index (χ3v) is 8.02. The van der Waals surface area contributed by atoms with Crippen LogP contribution in [0.1, 0.15) is 27.7 Å². The van der Waals surface area contributed by atoms with Gasteiger partial charge in [-0.25, -0.2) is 15.0 Å². The van der Waals surface area contributed by atoms with Gasteiger partial charge in [0.15, 0.2) is 17.5 Å². The second kappa shape index (κ2) is 9.12. The SMILES string of the molecule is CC1(C)OB(c2ccccc2-c2nc(-c3ccccc3)nc(-c3cccc4c3oc3ccccc34)n2)OC1(C)C. The molecule has 0 amide bonds.